The number of aliphatic hydroxyl groups is 1. The van der Waals surface area contributed by atoms with Crippen molar-refractivity contribution >= 4 is 19.8 Å². The van der Waals surface area contributed by atoms with Gasteiger partial charge in [0.1, 0.15) is 19.8 Å². The molecule has 1 unspecified atom stereocenters. The molecule has 0 spiro atoms. The van der Waals surface area contributed by atoms with Crippen LogP contribution in [0.4, 0.5) is 0 Å². The van der Waals surface area contributed by atoms with E-state index in [1.54, 1.807) is 0 Å². The van der Waals surface area contributed by atoms with Gasteiger partial charge in [0.05, 0.1) is 33.9 Å². The maximum atomic E-state index is 12.6. The van der Waals surface area contributed by atoms with Crippen molar-refractivity contribution in [3.8, 4) is 0 Å². The van der Waals surface area contributed by atoms with Gasteiger partial charge in [0, 0.05) is 12.8 Å². The van der Waals surface area contributed by atoms with Gasteiger partial charge in [-0.3, -0.25) is 14.2 Å². The van der Waals surface area contributed by atoms with Crippen molar-refractivity contribution < 1.29 is 47.2 Å². The first-order valence-corrected chi connectivity index (χ1v) is 23.4. The van der Waals surface area contributed by atoms with E-state index in [0.717, 1.165) is 57.8 Å². The van der Waals surface area contributed by atoms with Gasteiger partial charge >= 0.3 is 11.9 Å². The number of likely N-dealkylation sites (N-methyl/N-ethyl adjacent to an activating group) is 1. The first-order valence-electron chi connectivity index (χ1n) is 22.0. The number of phosphoric acid groups is 1. The summed E-state index contributed by atoms with van der Waals surface area (Å²) in [6, 6.07) is 0. The number of esters is 2. The molecule has 3 atom stereocenters. The Bertz CT molecular complexity index is 1120. The quantitative estimate of drug-likeness (QED) is 0.0161. The first-order chi connectivity index (χ1) is 26.9. The highest BCUT2D eigenvalue weighted by Gasteiger charge is 2.21. The molecule has 0 aliphatic carbocycles. The molecule has 1 N–H and O–H groups in total. The number of hydrogen-bond acceptors (Lipinski definition) is 9. The van der Waals surface area contributed by atoms with Crippen LogP contribution in [0.5, 0.6) is 0 Å². The average Bonchev–Trinajstić information content (AvgIpc) is 3.14. The van der Waals surface area contributed by atoms with Crippen molar-refractivity contribution in [3.05, 3.63) is 48.6 Å². The summed E-state index contributed by atoms with van der Waals surface area (Å²) in [6.07, 6.45) is 39.0. The molecule has 0 aromatic rings. The average molecular weight is 812 g/mol. The minimum Gasteiger partial charge on any atom is -0.756 e. The number of quaternary nitrogens is 1. The molecule has 0 rings (SSSR count). The predicted molar refractivity (Wildman–Crippen MR) is 228 cm³/mol. The Labute approximate surface area is 342 Å². The van der Waals surface area contributed by atoms with Gasteiger partial charge in [-0.05, 0) is 38.5 Å². The second-order valence-corrected chi connectivity index (χ2v) is 17.3. The van der Waals surface area contributed by atoms with Gasteiger partial charge in [-0.2, -0.15) is 0 Å². The van der Waals surface area contributed by atoms with Gasteiger partial charge in [-0.1, -0.05) is 165 Å². The van der Waals surface area contributed by atoms with E-state index < -0.39 is 32.5 Å². The van der Waals surface area contributed by atoms with E-state index >= 15 is 0 Å². The molecule has 56 heavy (non-hydrogen) atoms. The molecule has 0 saturated heterocycles. The summed E-state index contributed by atoms with van der Waals surface area (Å²) >= 11 is 0. The number of unbranched alkanes of at least 4 members (excludes halogenated alkanes) is 16. The van der Waals surface area contributed by atoms with Crippen LogP contribution in [-0.2, 0) is 32.7 Å². The molecule has 11 heteroatoms. The van der Waals surface area contributed by atoms with Crippen molar-refractivity contribution in [3.63, 3.8) is 0 Å². The number of rotatable bonds is 39. The lowest BCUT2D eigenvalue weighted by molar-refractivity contribution is -0.870. The van der Waals surface area contributed by atoms with Crippen LogP contribution in [0.15, 0.2) is 48.6 Å². The van der Waals surface area contributed by atoms with Crippen LogP contribution in [0.25, 0.3) is 0 Å². The van der Waals surface area contributed by atoms with E-state index in [-0.39, 0.29) is 32.2 Å². The molecule has 0 bridgehead atoms. The standard InChI is InChI=1S/C45H82NO9P/c1-6-8-10-11-12-13-14-15-16-19-22-25-28-32-36-44(48)52-40-43(41-54-56(50,51)53-39-38-46(3,4)5)55-45(49)37-33-29-26-23-20-17-18-21-24-27-31-35-42(47)34-30-9-7-2/h17-18,23-24,26-27,31,35,42-43,47H,6-16,19-22,25,28-30,32-34,36-41H2,1-5H3/b18-17-,26-23-,27-24-,35-31+/t42-,43+/m0/s1. The lowest BCUT2D eigenvalue weighted by Gasteiger charge is -2.28. The number of carbonyl (C=O) groups is 2. The summed E-state index contributed by atoms with van der Waals surface area (Å²) in [5.74, 6) is -0.926. The first kappa shape index (κ1) is 53.9. The van der Waals surface area contributed by atoms with Crippen LogP contribution in [0.3, 0.4) is 0 Å². The zero-order chi connectivity index (χ0) is 41.6. The number of aliphatic hydroxyl groups excluding tert-OH is 1. The Morgan fingerprint density at radius 2 is 1.20 bits per heavy atom. The highest BCUT2D eigenvalue weighted by molar-refractivity contribution is 7.45. The fourth-order valence-electron chi connectivity index (χ4n) is 5.70. The molecule has 0 radical (unpaired) electrons. The van der Waals surface area contributed by atoms with Crippen LogP contribution < -0.4 is 4.89 Å². The topological polar surface area (TPSA) is 131 Å². The Balaban J connectivity index is 4.51. The maximum absolute atomic E-state index is 12.6. The van der Waals surface area contributed by atoms with E-state index in [9.17, 15) is 24.2 Å². The lowest BCUT2D eigenvalue weighted by Crippen LogP contribution is -2.37. The summed E-state index contributed by atoms with van der Waals surface area (Å²) in [6.45, 7) is 4.02. The van der Waals surface area contributed by atoms with Gasteiger partial charge in [-0.25, -0.2) is 0 Å². The molecule has 10 nitrogen and oxygen atoms in total. The highest BCUT2D eigenvalue weighted by atomic mass is 31.2. The van der Waals surface area contributed by atoms with Gasteiger partial charge in [0.2, 0.25) is 0 Å². The number of ether oxygens (including phenoxy) is 2. The molecule has 0 aromatic heterocycles. The Morgan fingerprint density at radius 3 is 1.80 bits per heavy atom. The smallest absolute Gasteiger partial charge is 0.306 e. The third-order valence-electron chi connectivity index (χ3n) is 9.21. The largest absolute Gasteiger partial charge is 0.756 e. The van der Waals surface area contributed by atoms with Crippen LogP contribution >= 0.6 is 7.82 Å². The summed E-state index contributed by atoms with van der Waals surface area (Å²) in [4.78, 5) is 37.5. The van der Waals surface area contributed by atoms with Gasteiger partial charge < -0.3 is 33.0 Å². The van der Waals surface area contributed by atoms with E-state index in [2.05, 4.69) is 26.0 Å². The van der Waals surface area contributed by atoms with Crippen LogP contribution in [0, 0.1) is 0 Å². The van der Waals surface area contributed by atoms with Gasteiger partial charge in [0.15, 0.2) is 6.10 Å². The summed E-state index contributed by atoms with van der Waals surface area (Å²) < 4.78 is 33.8. The van der Waals surface area contributed by atoms with Crippen LogP contribution in [0.1, 0.15) is 168 Å². The minimum absolute atomic E-state index is 0.0497. The molecule has 0 amide bonds. The number of carbonyl (C=O) groups excluding carboxylic acids is 2. The van der Waals surface area contributed by atoms with E-state index in [1.807, 2.05) is 57.6 Å². The zero-order valence-corrected chi connectivity index (χ0v) is 37.1. The molecular weight excluding hydrogens is 729 g/mol. The number of phosphoric ester groups is 1. The fraction of sp³-hybridized carbons (Fsp3) is 0.778. The van der Waals surface area contributed by atoms with E-state index in [4.69, 9.17) is 18.5 Å². The lowest BCUT2D eigenvalue weighted by atomic mass is 10.0. The molecular formula is C45H82NO9P. The van der Waals surface area contributed by atoms with E-state index in [1.165, 1.54) is 70.6 Å². The number of hydrogen-bond donors (Lipinski definition) is 1. The summed E-state index contributed by atoms with van der Waals surface area (Å²) in [5.41, 5.74) is 0. The predicted octanol–water partition coefficient (Wildman–Crippen LogP) is 10.6. The van der Waals surface area contributed by atoms with Gasteiger partial charge in [0.25, 0.3) is 7.82 Å². The van der Waals surface area contributed by atoms with Crippen molar-refractivity contribution in [2.24, 2.45) is 0 Å². The van der Waals surface area contributed by atoms with Crippen molar-refractivity contribution in [1.82, 2.24) is 0 Å². The third kappa shape index (κ3) is 40.1. The maximum Gasteiger partial charge on any atom is 0.306 e. The third-order valence-corrected chi connectivity index (χ3v) is 10.2. The molecule has 0 aliphatic rings. The summed E-state index contributed by atoms with van der Waals surface area (Å²) in [5, 5.41) is 9.90. The van der Waals surface area contributed by atoms with Gasteiger partial charge in [-0.15, -0.1) is 0 Å². The number of nitrogens with zero attached hydrogens (tertiary/aromatic N) is 1. The van der Waals surface area contributed by atoms with Crippen molar-refractivity contribution in [2.45, 2.75) is 180 Å². The monoisotopic (exact) mass is 812 g/mol. The highest BCUT2D eigenvalue weighted by Crippen LogP contribution is 2.38. The normalized spacial score (nSPS) is 14.6. The SMILES string of the molecule is CCCCCCCCCCCCCCCCC(=O)OC[C@H](COP(=O)([O-])OCC[N+](C)(C)C)OC(=O)CCC/C=C\C/C=C\C/C=C\C=C\[C@@H](O)CCCCC. The zero-order valence-electron chi connectivity index (χ0n) is 36.2. The van der Waals surface area contributed by atoms with E-state index in [0.29, 0.717) is 23.9 Å². The summed E-state index contributed by atoms with van der Waals surface area (Å²) in [7, 11) is 1.10. The molecule has 0 heterocycles. The molecule has 326 valence electrons. The van der Waals surface area contributed by atoms with Crippen LogP contribution in [-0.4, -0.2) is 81.2 Å². The second-order valence-electron chi connectivity index (χ2n) is 15.9. The Kier molecular flexibility index (Phi) is 35.8. The minimum atomic E-state index is -4.65. The molecule has 0 aliphatic heterocycles. The van der Waals surface area contributed by atoms with Crippen LogP contribution in [0.2, 0.25) is 0 Å². The molecule has 0 aromatic carbocycles. The van der Waals surface area contributed by atoms with Crippen molar-refractivity contribution in [1.29, 1.82) is 0 Å². The number of allylic oxidation sites excluding steroid dienone is 7. The fourth-order valence-corrected chi connectivity index (χ4v) is 6.43. The second kappa shape index (κ2) is 37.2. The molecule has 0 saturated carbocycles. The van der Waals surface area contributed by atoms with Crippen molar-refractivity contribution in [2.75, 3.05) is 47.5 Å². The Hall–Kier alpha value is -2.07. The Morgan fingerprint density at radius 1 is 0.661 bits per heavy atom. The molecule has 0 fully saturated rings.